The van der Waals surface area contributed by atoms with Gasteiger partial charge in [0.05, 0.1) is 4.92 Å². The Morgan fingerprint density at radius 2 is 2.17 bits per heavy atom. The van der Waals surface area contributed by atoms with Gasteiger partial charge in [-0.25, -0.2) is 0 Å². The molecule has 0 unspecified atom stereocenters. The Kier molecular flexibility index (Phi) is 2.42. The number of nitro groups is 1. The molecule has 1 heterocycles. The third-order valence-corrected chi connectivity index (χ3v) is 2.41. The Labute approximate surface area is 77.9 Å². The van der Waals surface area contributed by atoms with Crippen LogP contribution in [0.25, 0.3) is 0 Å². The standard InChI is InChI=1S/C7H7BrN2O2/c1-4-6(8)3-9-5(2)7(4)10(11)12/h3H,1-2H3. The number of halogens is 1. The summed E-state index contributed by atoms with van der Waals surface area (Å²) < 4.78 is 0.666. The molecule has 0 saturated carbocycles. The van der Waals surface area contributed by atoms with Crippen molar-refractivity contribution >= 4 is 21.6 Å². The lowest BCUT2D eigenvalue weighted by Crippen LogP contribution is -1.97. The Morgan fingerprint density at radius 1 is 1.58 bits per heavy atom. The molecule has 5 heteroatoms. The van der Waals surface area contributed by atoms with Crippen LogP contribution in [0.2, 0.25) is 0 Å². The fraction of sp³-hybridized carbons (Fsp3) is 0.286. The quantitative estimate of drug-likeness (QED) is 0.550. The van der Waals surface area contributed by atoms with E-state index in [9.17, 15) is 10.1 Å². The molecule has 0 amide bonds. The molecule has 0 bridgehead atoms. The molecule has 0 aliphatic rings. The average molecular weight is 231 g/mol. The Morgan fingerprint density at radius 3 is 2.58 bits per heavy atom. The number of pyridine rings is 1. The Bertz CT molecular complexity index is 338. The zero-order valence-electron chi connectivity index (χ0n) is 6.67. The van der Waals surface area contributed by atoms with Crippen LogP contribution in [0.15, 0.2) is 10.7 Å². The van der Waals surface area contributed by atoms with Crippen molar-refractivity contribution in [2.24, 2.45) is 0 Å². The maximum Gasteiger partial charge on any atom is 0.294 e. The third kappa shape index (κ3) is 1.45. The molecule has 0 aromatic carbocycles. The fourth-order valence-corrected chi connectivity index (χ4v) is 1.26. The van der Waals surface area contributed by atoms with Gasteiger partial charge in [-0.3, -0.25) is 15.1 Å². The number of nitrogens with zero attached hydrogens (tertiary/aromatic N) is 2. The zero-order valence-corrected chi connectivity index (χ0v) is 8.25. The summed E-state index contributed by atoms with van der Waals surface area (Å²) in [5.74, 6) is 0. The van der Waals surface area contributed by atoms with E-state index in [0.29, 0.717) is 15.7 Å². The summed E-state index contributed by atoms with van der Waals surface area (Å²) in [4.78, 5) is 14.0. The lowest BCUT2D eigenvalue weighted by molar-refractivity contribution is -0.386. The Balaban J connectivity index is 3.43. The van der Waals surface area contributed by atoms with E-state index in [0.717, 1.165) is 0 Å². The molecule has 0 aliphatic heterocycles. The van der Waals surface area contributed by atoms with Crippen molar-refractivity contribution < 1.29 is 4.92 Å². The van der Waals surface area contributed by atoms with Gasteiger partial charge in [0.15, 0.2) is 0 Å². The van der Waals surface area contributed by atoms with Crippen LogP contribution in [0.5, 0.6) is 0 Å². The van der Waals surface area contributed by atoms with Gasteiger partial charge in [-0.1, -0.05) is 0 Å². The molecule has 4 nitrogen and oxygen atoms in total. The van der Waals surface area contributed by atoms with Crippen LogP contribution in [-0.2, 0) is 0 Å². The number of hydrogen-bond acceptors (Lipinski definition) is 3. The monoisotopic (exact) mass is 230 g/mol. The fourth-order valence-electron chi connectivity index (χ4n) is 0.965. The van der Waals surface area contributed by atoms with Gasteiger partial charge in [0.2, 0.25) is 0 Å². The zero-order chi connectivity index (χ0) is 9.30. The molecule has 0 radical (unpaired) electrons. The molecule has 12 heavy (non-hydrogen) atoms. The number of aryl methyl sites for hydroxylation is 1. The average Bonchev–Trinajstić information content (AvgIpc) is 1.97. The van der Waals surface area contributed by atoms with Crippen molar-refractivity contribution in [3.63, 3.8) is 0 Å². The van der Waals surface area contributed by atoms with Gasteiger partial charge in [0.25, 0.3) is 5.69 Å². The highest BCUT2D eigenvalue weighted by molar-refractivity contribution is 9.10. The largest absolute Gasteiger partial charge is 0.294 e. The van der Waals surface area contributed by atoms with Crippen LogP contribution < -0.4 is 0 Å². The van der Waals surface area contributed by atoms with E-state index >= 15 is 0 Å². The summed E-state index contributed by atoms with van der Waals surface area (Å²) in [6.07, 6.45) is 1.57. The van der Waals surface area contributed by atoms with Gasteiger partial charge < -0.3 is 0 Å². The van der Waals surface area contributed by atoms with Gasteiger partial charge in [-0.2, -0.15) is 0 Å². The van der Waals surface area contributed by atoms with Crippen molar-refractivity contribution in [3.8, 4) is 0 Å². The second-order valence-corrected chi connectivity index (χ2v) is 3.28. The maximum atomic E-state index is 10.5. The minimum absolute atomic E-state index is 0.0874. The molecular weight excluding hydrogens is 224 g/mol. The van der Waals surface area contributed by atoms with Gasteiger partial charge in [0.1, 0.15) is 5.69 Å². The molecule has 64 valence electrons. The van der Waals surface area contributed by atoms with Crippen molar-refractivity contribution in [1.29, 1.82) is 0 Å². The molecule has 1 rings (SSSR count). The summed E-state index contributed by atoms with van der Waals surface area (Å²) >= 11 is 3.18. The highest BCUT2D eigenvalue weighted by Crippen LogP contribution is 2.26. The minimum atomic E-state index is -0.414. The molecule has 0 fully saturated rings. The Hall–Kier alpha value is -0.970. The molecule has 0 saturated heterocycles. The van der Waals surface area contributed by atoms with E-state index < -0.39 is 4.92 Å². The van der Waals surface area contributed by atoms with Crippen LogP contribution in [-0.4, -0.2) is 9.91 Å². The smallest absolute Gasteiger partial charge is 0.258 e. The van der Waals surface area contributed by atoms with Crippen LogP contribution >= 0.6 is 15.9 Å². The molecular formula is C7H7BrN2O2. The first kappa shape index (κ1) is 9.12. The third-order valence-electron chi connectivity index (χ3n) is 1.61. The molecule has 1 aromatic heterocycles. The first-order valence-electron chi connectivity index (χ1n) is 3.30. The van der Waals surface area contributed by atoms with Crippen molar-refractivity contribution in [2.75, 3.05) is 0 Å². The second kappa shape index (κ2) is 3.18. The lowest BCUT2D eigenvalue weighted by atomic mass is 10.2. The predicted octanol–water partition coefficient (Wildman–Crippen LogP) is 2.37. The summed E-state index contributed by atoms with van der Waals surface area (Å²) in [5, 5.41) is 10.5. The van der Waals surface area contributed by atoms with E-state index in [1.807, 2.05) is 0 Å². The normalized spacial score (nSPS) is 9.92. The van der Waals surface area contributed by atoms with Crippen LogP contribution in [0, 0.1) is 24.0 Å². The van der Waals surface area contributed by atoms with E-state index in [1.165, 1.54) is 0 Å². The molecule has 0 N–H and O–H groups in total. The number of aromatic nitrogens is 1. The second-order valence-electron chi connectivity index (χ2n) is 2.42. The minimum Gasteiger partial charge on any atom is -0.258 e. The van der Waals surface area contributed by atoms with Crippen LogP contribution in [0.3, 0.4) is 0 Å². The summed E-state index contributed by atoms with van der Waals surface area (Å²) in [6.45, 7) is 3.31. The van der Waals surface area contributed by atoms with Crippen molar-refractivity contribution in [1.82, 2.24) is 4.98 Å². The van der Waals surface area contributed by atoms with E-state index in [-0.39, 0.29) is 5.69 Å². The topological polar surface area (TPSA) is 56.0 Å². The highest BCUT2D eigenvalue weighted by Gasteiger charge is 2.17. The maximum absolute atomic E-state index is 10.5. The molecule has 0 spiro atoms. The SMILES string of the molecule is Cc1ncc(Br)c(C)c1[N+](=O)[O-]. The lowest BCUT2D eigenvalue weighted by Gasteiger charge is -2.01. The van der Waals surface area contributed by atoms with Gasteiger partial charge >= 0.3 is 0 Å². The highest BCUT2D eigenvalue weighted by atomic mass is 79.9. The first-order valence-corrected chi connectivity index (χ1v) is 4.09. The predicted molar refractivity (Wildman–Crippen MR) is 48.1 cm³/mol. The summed E-state index contributed by atoms with van der Waals surface area (Å²) in [5.41, 5.74) is 1.15. The van der Waals surface area contributed by atoms with E-state index in [1.54, 1.807) is 20.0 Å². The van der Waals surface area contributed by atoms with Crippen molar-refractivity contribution in [3.05, 3.63) is 32.0 Å². The molecule has 0 aliphatic carbocycles. The van der Waals surface area contributed by atoms with Gasteiger partial charge in [-0.05, 0) is 29.8 Å². The van der Waals surface area contributed by atoms with E-state index in [4.69, 9.17) is 0 Å². The van der Waals surface area contributed by atoms with E-state index in [2.05, 4.69) is 20.9 Å². The molecule has 0 atom stereocenters. The van der Waals surface area contributed by atoms with Gasteiger partial charge in [-0.15, -0.1) is 0 Å². The van der Waals surface area contributed by atoms with Crippen LogP contribution in [0.4, 0.5) is 5.69 Å². The van der Waals surface area contributed by atoms with Crippen molar-refractivity contribution in [2.45, 2.75) is 13.8 Å². The summed E-state index contributed by atoms with van der Waals surface area (Å²) in [6, 6.07) is 0. The van der Waals surface area contributed by atoms with Crippen LogP contribution in [0.1, 0.15) is 11.3 Å². The molecule has 1 aromatic rings. The van der Waals surface area contributed by atoms with Gasteiger partial charge in [0, 0.05) is 16.2 Å². The number of hydrogen-bond donors (Lipinski definition) is 0. The number of rotatable bonds is 1. The summed E-state index contributed by atoms with van der Waals surface area (Å²) in [7, 11) is 0. The first-order chi connectivity index (χ1) is 5.54.